The van der Waals surface area contributed by atoms with Crippen molar-refractivity contribution in [2.24, 2.45) is 0 Å². The first-order chi connectivity index (χ1) is 11.2. The van der Waals surface area contributed by atoms with E-state index in [2.05, 4.69) is 6.92 Å². The van der Waals surface area contributed by atoms with Crippen LogP contribution in [0.15, 0.2) is 60.7 Å². The zero-order valence-electron chi connectivity index (χ0n) is 13.4. The number of ether oxygens (including phenoxy) is 1. The van der Waals surface area contributed by atoms with Crippen molar-refractivity contribution < 1.29 is 14.3 Å². The van der Waals surface area contributed by atoms with E-state index in [9.17, 15) is 9.59 Å². The van der Waals surface area contributed by atoms with Crippen LogP contribution in [-0.4, -0.2) is 24.3 Å². The molecule has 0 radical (unpaired) electrons. The van der Waals surface area contributed by atoms with Crippen LogP contribution in [0.2, 0.25) is 0 Å². The lowest BCUT2D eigenvalue weighted by Gasteiger charge is -2.16. The van der Waals surface area contributed by atoms with Crippen molar-refractivity contribution >= 4 is 11.6 Å². The second-order valence-electron chi connectivity index (χ2n) is 5.42. The maximum absolute atomic E-state index is 12.7. The van der Waals surface area contributed by atoms with Gasteiger partial charge in [-0.25, -0.2) is 0 Å². The number of ketones is 2. The lowest BCUT2D eigenvalue weighted by Crippen LogP contribution is -2.33. The van der Waals surface area contributed by atoms with Gasteiger partial charge in [-0.3, -0.25) is 9.59 Å². The molecule has 3 nitrogen and oxygen atoms in total. The summed E-state index contributed by atoms with van der Waals surface area (Å²) in [7, 11) is 0. The van der Waals surface area contributed by atoms with Gasteiger partial charge in [0.05, 0.1) is 0 Å². The summed E-state index contributed by atoms with van der Waals surface area (Å²) < 4.78 is 5.68. The number of Topliss-reactive ketones (excluding diaryl/α,β-unsaturated/α-hetero) is 2. The van der Waals surface area contributed by atoms with Gasteiger partial charge in [0.1, 0.15) is 0 Å². The van der Waals surface area contributed by atoms with Gasteiger partial charge in [-0.2, -0.15) is 0 Å². The molecule has 23 heavy (non-hydrogen) atoms. The average molecular weight is 310 g/mol. The predicted octanol–water partition coefficient (Wildman–Crippen LogP) is 4.33. The van der Waals surface area contributed by atoms with Crippen LogP contribution in [0.5, 0.6) is 0 Å². The molecule has 0 spiro atoms. The second kappa shape index (κ2) is 9.01. The van der Waals surface area contributed by atoms with Crippen LogP contribution in [0.25, 0.3) is 0 Å². The summed E-state index contributed by atoms with van der Waals surface area (Å²) in [5.41, 5.74) is 0.995. The summed E-state index contributed by atoms with van der Waals surface area (Å²) in [6.45, 7) is 2.51. The third-order valence-electron chi connectivity index (χ3n) is 3.63. The molecule has 0 aliphatic rings. The van der Waals surface area contributed by atoms with E-state index in [1.165, 1.54) is 0 Å². The first-order valence-corrected chi connectivity index (χ1v) is 8.04. The van der Waals surface area contributed by atoms with E-state index in [0.717, 1.165) is 19.3 Å². The Bertz CT molecular complexity index is 568. The third kappa shape index (κ3) is 4.86. The van der Waals surface area contributed by atoms with Crippen LogP contribution in [0.4, 0.5) is 0 Å². The highest BCUT2D eigenvalue weighted by Crippen LogP contribution is 2.13. The van der Waals surface area contributed by atoms with E-state index in [1.54, 1.807) is 48.5 Å². The smallest absolute Gasteiger partial charge is 0.199 e. The minimum Gasteiger partial charge on any atom is -0.362 e. The summed E-state index contributed by atoms with van der Waals surface area (Å²) in [5, 5.41) is 0. The maximum atomic E-state index is 12.7. The summed E-state index contributed by atoms with van der Waals surface area (Å²) in [6, 6.07) is 17.7. The van der Waals surface area contributed by atoms with Crippen molar-refractivity contribution in [2.45, 2.75) is 32.3 Å². The summed E-state index contributed by atoms with van der Waals surface area (Å²) in [4.78, 5) is 25.4. The highest BCUT2D eigenvalue weighted by Gasteiger charge is 2.29. The quantitative estimate of drug-likeness (QED) is 0.393. The number of benzene rings is 2. The molecular weight excluding hydrogens is 288 g/mol. The first-order valence-electron chi connectivity index (χ1n) is 8.04. The van der Waals surface area contributed by atoms with Crippen molar-refractivity contribution in [3.8, 4) is 0 Å². The van der Waals surface area contributed by atoms with Crippen LogP contribution >= 0.6 is 0 Å². The van der Waals surface area contributed by atoms with Gasteiger partial charge in [0.15, 0.2) is 17.7 Å². The van der Waals surface area contributed by atoms with Gasteiger partial charge in [-0.15, -0.1) is 0 Å². The molecule has 0 bridgehead atoms. The van der Waals surface area contributed by atoms with Crippen molar-refractivity contribution in [2.75, 3.05) is 6.61 Å². The van der Waals surface area contributed by atoms with Crippen molar-refractivity contribution in [1.82, 2.24) is 0 Å². The molecule has 0 unspecified atom stereocenters. The highest BCUT2D eigenvalue weighted by molar-refractivity contribution is 6.18. The van der Waals surface area contributed by atoms with Gasteiger partial charge in [0, 0.05) is 17.7 Å². The summed E-state index contributed by atoms with van der Waals surface area (Å²) in [6.07, 6.45) is 1.85. The molecule has 0 aliphatic heterocycles. The molecule has 0 atom stereocenters. The van der Waals surface area contributed by atoms with E-state index in [0.29, 0.717) is 17.7 Å². The normalized spacial score (nSPS) is 10.7. The molecule has 3 heteroatoms. The number of rotatable bonds is 9. The van der Waals surface area contributed by atoms with Gasteiger partial charge < -0.3 is 4.74 Å². The molecule has 0 amide bonds. The molecule has 2 rings (SSSR count). The number of hydrogen-bond acceptors (Lipinski definition) is 3. The molecule has 0 heterocycles. The molecule has 0 fully saturated rings. The second-order valence-corrected chi connectivity index (χ2v) is 5.42. The number of unbranched alkanes of at least 4 members (excludes halogenated alkanes) is 2. The fourth-order valence-electron chi connectivity index (χ4n) is 2.33. The van der Waals surface area contributed by atoms with E-state index < -0.39 is 6.10 Å². The van der Waals surface area contributed by atoms with Crippen LogP contribution in [0.3, 0.4) is 0 Å². The minimum absolute atomic E-state index is 0.282. The van der Waals surface area contributed by atoms with E-state index in [1.807, 2.05) is 12.1 Å². The Balaban J connectivity index is 2.17. The molecule has 0 aliphatic carbocycles. The van der Waals surface area contributed by atoms with Gasteiger partial charge in [0.25, 0.3) is 0 Å². The van der Waals surface area contributed by atoms with Gasteiger partial charge in [0.2, 0.25) is 0 Å². The van der Waals surface area contributed by atoms with Crippen LogP contribution in [0.1, 0.15) is 46.9 Å². The largest absolute Gasteiger partial charge is 0.362 e. The van der Waals surface area contributed by atoms with Crippen LogP contribution < -0.4 is 0 Å². The fourth-order valence-corrected chi connectivity index (χ4v) is 2.33. The van der Waals surface area contributed by atoms with Gasteiger partial charge in [-0.05, 0) is 6.42 Å². The maximum Gasteiger partial charge on any atom is 0.199 e. The van der Waals surface area contributed by atoms with E-state index in [-0.39, 0.29) is 11.6 Å². The predicted molar refractivity (Wildman–Crippen MR) is 90.8 cm³/mol. The zero-order chi connectivity index (χ0) is 16.5. The average Bonchev–Trinajstić information content (AvgIpc) is 2.62. The van der Waals surface area contributed by atoms with Gasteiger partial charge >= 0.3 is 0 Å². The first kappa shape index (κ1) is 17.1. The van der Waals surface area contributed by atoms with E-state index >= 15 is 0 Å². The minimum atomic E-state index is -1.07. The molecule has 0 saturated carbocycles. The third-order valence-corrected chi connectivity index (χ3v) is 3.63. The highest BCUT2D eigenvalue weighted by atomic mass is 16.5. The lowest BCUT2D eigenvalue weighted by atomic mass is 9.98. The van der Waals surface area contributed by atoms with Crippen molar-refractivity contribution in [3.05, 3.63) is 71.8 Å². The monoisotopic (exact) mass is 310 g/mol. The molecule has 2 aromatic rings. The molecule has 0 N–H and O–H groups in total. The topological polar surface area (TPSA) is 43.4 Å². The molecule has 120 valence electrons. The lowest BCUT2D eigenvalue weighted by molar-refractivity contribution is 0.0359. The number of carbonyl (C=O) groups is 2. The number of hydrogen-bond donors (Lipinski definition) is 0. The fraction of sp³-hybridized carbons (Fsp3) is 0.300. The van der Waals surface area contributed by atoms with Crippen molar-refractivity contribution in [1.29, 1.82) is 0 Å². The zero-order valence-corrected chi connectivity index (χ0v) is 13.4. The Kier molecular flexibility index (Phi) is 6.70. The Morgan fingerprint density at radius 2 is 1.30 bits per heavy atom. The Morgan fingerprint density at radius 3 is 1.74 bits per heavy atom. The number of carbonyl (C=O) groups excluding carboxylic acids is 2. The van der Waals surface area contributed by atoms with Crippen molar-refractivity contribution in [3.63, 3.8) is 0 Å². The summed E-state index contributed by atoms with van der Waals surface area (Å²) >= 11 is 0. The Morgan fingerprint density at radius 1 is 0.826 bits per heavy atom. The molecule has 2 aromatic carbocycles. The standard InChI is InChI=1S/C20H22O3/c1-2-3-10-15-23-20(18(21)16-11-6-4-7-12-16)19(22)17-13-8-5-9-14-17/h4-9,11-14,20H,2-3,10,15H2,1H3. The Hall–Kier alpha value is -2.26. The van der Waals surface area contributed by atoms with Crippen LogP contribution in [0, 0.1) is 0 Å². The van der Waals surface area contributed by atoms with Crippen LogP contribution in [-0.2, 0) is 4.74 Å². The molecular formula is C20H22O3. The summed E-state index contributed by atoms with van der Waals surface area (Å²) in [5.74, 6) is -0.563. The Labute approximate surface area is 137 Å². The SMILES string of the molecule is CCCCCOC(C(=O)c1ccccc1)C(=O)c1ccccc1. The molecule has 0 saturated heterocycles. The van der Waals surface area contributed by atoms with Gasteiger partial charge in [-0.1, -0.05) is 80.4 Å². The van der Waals surface area contributed by atoms with E-state index in [4.69, 9.17) is 4.74 Å². The molecule has 0 aromatic heterocycles.